The Morgan fingerprint density at radius 3 is 2.75 bits per heavy atom. The SMILES string of the molecule is Cc1cc(NC(=O)N(C)C[C@@H](O)COCc2ccccc2)n(C)n1. The first-order valence-electron chi connectivity index (χ1n) is 7.78. The summed E-state index contributed by atoms with van der Waals surface area (Å²) < 4.78 is 7.08. The molecule has 7 nitrogen and oxygen atoms in total. The van der Waals surface area contributed by atoms with Crippen LogP contribution in [0.5, 0.6) is 0 Å². The van der Waals surface area contributed by atoms with Gasteiger partial charge in [0.25, 0.3) is 0 Å². The minimum atomic E-state index is -0.752. The highest BCUT2D eigenvalue weighted by atomic mass is 16.5. The number of nitrogens with one attached hydrogen (secondary N) is 1. The van der Waals surface area contributed by atoms with Crippen LogP contribution >= 0.6 is 0 Å². The average molecular weight is 332 g/mol. The normalized spacial score (nSPS) is 12.0. The van der Waals surface area contributed by atoms with Gasteiger partial charge >= 0.3 is 6.03 Å². The summed E-state index contributed by atoms with van der Waals surface area (Å²) >= 11 is 0. The first kappa shape index (κ1) is 18.0. The Bertz CT molecular complexity index is 657. The lowest BCUT2D eigenvalue weighted by molar-refractivity contribution is 0.0188. The number of rotatable bonds is 7. The van der Waals surface area contributed by atoms with E-state index in [4.69, 9.17) is 4.74 Å². The van der Waals surface area contributed by atoms with Crippen LogP contribution in [0, 0.1) is 6.92 Å². The molecule has 7 heteroatoms. The zero-order valence-electron chi connectivity index (χ0n) is 14.3. The van der Waals surface area contributed by atoms with Crippen molar-refractivity contribution in [3.63, 3.8) is 0 Å². The average Bonchev–Trinajstić information content (AvgIpc) is 2.85. The second kappa shape index (κ2) is 8.47. The van der Waals surface area contributed by atoms with E-state index in [1.165, 1.54) is 4.90 Å². The molecule has 2 N–H and O–H groups in total. The molecule has 0 spiro atoms. The third-order valence-electron chi connectivity index (χ3n) is 3.49. The summed E-state index contributed by atoms with van der Waals surface area (Å²) in [4.78, 5) is 13.5. The van der Waals surface area contributed by atoms with Gasteiger partial charge in [0, 0.05) is 20.2 Å². The monoisotopic (exact) mass is 332 g/mol. The molecule has 1 aromatic heterocycles. The van der Waals surface area contributed by atoms with Crippen LogP contribution in [0.15, 0.2) is 36.4 Å². The quantitative estimate of drug-likeness (QED) is 0.810. The number of likely N-dealkylation sites (N-methyl/N-ethyl adjacent to an activating group) is 1. The largest absolute Gasteiger partial charge is 0.389 e. The molecule has 1 aromatic carbocycles. The van der Waals surface area contributed by atoms with Gasteiger partial charge in [-0.3, -0.25) is 10.00 Å². The van der Waals surface area contributed by atoms with Crippen molar-refractivity contribution < 1.29 is 14.6 Å². The second-order valence-electron chi connectivity index (χ2n) is 5.76. The van der Waals surface area contributed by atoms with Crippen LogP contribution in [0.3, 0.4) is 0 Å². The van der Waals surface area contributed by atoms with E-state index in [1.807, 2.05) is 37.3 Å². The number of benzene rings is 1. The fourth-order valence-electron chi connectivity index (χ4n) is 2.27. The van der Waals surface area contributed by atoms with Crippen molar-refractivity contribution in [1.29, 1.82) is 0 Å². The van der Waals surface area contributed by atoms with Crippen LogP contribution in [-0.2, 0) is 18.4 Å². The zero-order chi connectivity index (χ0) is 17.5. The van der Waals surface area contributed by atoms with Gasteiger partial charge in [0.15, 0.2) is 0 Å². The van der Waals surface area contributed by atoms with Crippen molar-refractivity contribution in [2.45, 2.75) is 19.6 Å². The van der Waals surface area contributed by atoms with Gasteiger partial charge in [-0.15, -0.1) is 0 Å². The number of hydrogen-bond donors (Lipinski definition) is 2. The first-order chi connectivity index (χ1) is 11.5. The molecule has 0 aliphatic rings. The van der Waals surface area contributed by atoms with Gasteiger partial charge in [-0.1, -0.05) is 30.3 Å². The number of urea groups is 1. The summed E-state index contributed by atoms with van der Waals surface area (Å²) in [5.74, 6) is 0.610. The number of aromatic nitrogens is 2. The summed E-state index contributed by atoms with van der Waals surface area (Å²) in [5, 5.41) is 16.9. The van der Waals surface area contributed by atoms with E-state index in [0.29, 0.717) is 12.4 Å². The van der Waals surface area contributed by atoms with E-state index in [0.717, 1.165) is 11.3 Å². The maximum atomic E-state index is 12.1. The van der Waals surface area contributed by atoms with Crippen molar-refractivity contribution in [2.75, 3.05) is 25.5 Å². The summed E-state index contributed by atoms with van der Waals surface area (Å²) in [7, 11) is 3.38. The van der Waals surface area contributed by atoms with Crippen LogP contribution in [0.4, 0.5) is 10.6 Å². The minimum Gasteiger partial charge on any atom is -0.389 e. The predicted octanol–water partition coefficient (Wildman–Crippen LogP) is 1.77. The van der Waals surface area contributed by atoms with E-state index >= 15 is 0 Å². The van der Waals surface area contributed by atoms with Gasteiger partial charge in [-0.25, -0.2) is 4.79 Å². The minimum absolute atomic E-state index is 0.164. The zero-order valence-corrected chi connectivity index (χ0v) is 14.3. The van der Waals surface area contributed by atoms with Crippen molar-refractivity contribution in [3.05, 3.63) is 47.7 Å². The van der Waals surface area contributed by atoms with Gasteiger partial charge in [-0.05, 0) is 12.5 Å². The number of aryl methyl sites for hydroxylation is 2. The highest BCUT2D eigenvalue weighted by Gasteiger charge is 2.15. The maximum absolute atomic E-state index is 12.1. The fourth-order valence-corrected chi connectivity index (χ4v) is 2.27. The van der Waals surface area contributed by atoms with Crippen LogP contribution < -0.4 is 5.32 Å². The van der Waals surface area contributed by atoms with Gasteiger partial charge in [-0.2, -0.15) is 5.10 Å². The number of carbonyl (C=O) groups excluding carboxylic acids is 1. The van der Waals surface area contributed by atoms with E-state index in [-0.39, 0.29) is 19.2 Å². The molecule has 0 saturated carbocycles. The van der Waals surface area contributed by atoms with Crippen molar-refractivity contribution in [2.24, 2.45) is 7.05 Å². The summed E-state index contributed by atoms with van der Waals surface area (Å²) in [6, 6.07) is 11.2. The molecule has 130 valence electrons. The predicted molar refractivity (Wildman–Crippen MR) is 91.7 cm³/mol. The van der Waals surface area contributed by atoms with Crippen molar-refractivity contribution in [3.8, 4) is 0 Å². The van der Waals surface area contributed by atoms with Crippen LogP contribution in [0.25, 0.3) is 0 Å². The Kier molecular flexibility index (Phi) is 6.34. The highest BCUT2D eigenvalue weighted by Crippen LogP contribution is 2.09. The molecule has 0 fully saturated rings. The molecule has 0 aliphatic heterocycles. The lowest BCUT2D eigenvalue weighted by Gasteiger charge is -2.21. The molecule has 2 aromatic rings. The lowest BCUT2D eigenvalue weighted by atomic mass is 10.2. The first-order valence-corrected chi connectivity index (χ1v) is 7.78. The van der Waals surface area contributed by atoms with Crippen molar-refractivity contribution in [1.82, 2.24) is 14.7 Å². The molecule has 1 atom stereocenters. The van der Waals surface area contributed by atoms with Crippen molar-refractivity contribution >= 4 is 11.8 Å². The molecule has 0 saturated heterocycles. The number of nitrogens with zero attached hydrogens (tertiary/aromatic N) is 3. The second-order valence-corrected chi connectivity index (χ2v) is 5.76. The third kappa shape index (κ3) is 5.36. The van der Waals surface area contributed by atoms with Crippen LogP contribution in [0.2, 0.25) is 0 Å². The molecule has 24 heavy (non-hydrogen) atoms. The molecule has 0 unspecified atom stereocenters. The Balaban J connectivity index is 1.73. The Morgan fingerprint density at radius 1 is 1.42 bits per heavy atom. The molecule has 2 rings (SSSR count). The van der Waals surface area contributed by atoms with Gasteiger partial charge in [0.2, 0.25) is 0 Å². The van der Waals surface area contributed by atoms with E-state index in [2.05, 4.69) is 10.4 Å². The highest BCUT2D eigenvalue weighted by molar-refractivity contribution is 5.88. The number of aliphatic hydroxyl groups is 1. The molecule has 0 radical (unpaired) electrons. The summed E-state index contributed by atoms with van der Waals surface area (Å²) in [6.45, 7) is 2.63. The fraction of sp³-hybridized carbons (Fsp3) is 0.412. The third-order valence-corrected chi connectivity index (χ3v) is 3.49. The number of carbonyl (C=O) groups is 1. The Hall–Kier alpha value is -2.38. The maximum Gasteiger partial charge on any atom is 0.322 e. The molecule has 0 aliphatic carbocycles. The molecular weight excluding hydrogens is 308 g/mol. The smallest absolute Gasteiger partial charge is 0.322 e. The summed E-state index contributed by atoms with van der Waals surface area (Å²) in [6.07, 6.45) is -0.752. The van der Waals surface area contributed by atoms with E-state index in [1.54, 1.807) is 24.8 Å². The molecule has 2 amide bonds. The Morgan fingerprint density at radius 2 is 2.12 bits per heavy atom. The Labute approximate surface area is 141 Å². The van der Waals surface area contributed by atoms with Gasteiger partial charge in [0.1, 0.15) is 5.82 Å². The number of amides is 2. The molecule has 0 bridgehead atoms. The topological polar surface area (TPSA) is 79.6 Å². The van der Waals surface area contributed by atoms with Crippen LogP contribution in [-0.4, -0.2) is 52.1 Å². The number of anilines is 1. The molecular formula is C17H24N4O3. The van der Waals surface area contributed by atoms with E-state index < -0.39 is 6.10 Å². The molecule has 1 heterocycles. The standard InChI is InChI=1S/C17H24N4O3/c1-13-9-16(21(3)19-13)18-17(23)20(2)10-15(22)12-24-11-14-7-5-4-6-8-14/h4-9,15,22H,10-12H2,1-3H3,(H,18,23)/t15-/m1/s1. The van der Waals surface area contributed by atoms with Gasteiger partial charge in [0.05, 0.1) is 31.6 Å². The van der Waals surface area contributed by atoms with Gasteiger partial charge < -0.3 is 14.7 Å². The lowest BCUT2D eigenvalue weighted by Crippen LogP contribution is -2.39. The van der Waals surface area contributed by atoms with E-state index in [9.17, 15) is 9.90 Å². The number of hydrogen-bond acceptors (Lipinski definition) is 4. The summed E-state index contributed by atoms with van der Waals surface area (Å²) in [5.41, 5.74) is 1.87. The number of ether oxygens (including phenoxy) is 1. The van der Waals surface area contributed by atoms with Crippen LogP contribution in [0.1, 0.15) is 11.3 Å². The number of aliphatic hydroxyl groups excluding tert-OH is 1.